The van der Waals surface area contributed by atoms with Crippen molar-refractivity contribution in [3.63, 3.8) is 0 Å². The highest BCUT2D eigenvalue weighted by Crippen LogP contribution is 2.25. The van der Waals surface area contributed by atoms with Gasteiger partial charge in [0.15, 0.2) is 0 Å². The van der Waals surface area contributed by atoms with Gasteiger partial charge in [0.2, 0.25) is 5.91 Å². The molecule has 2 aromatic rings. The van der Waals surface area contributed by atoms with Gasteiger partial charge in [-0.25, -0.2) is 4.79 Å². The molecule has 7 nitrogen and oxygen atoms in total. The summed E-state index contributed by atoms with van der Waals surface area (Å²) in [5, 5.41) is 9.15. The Kier molecular flexibility index (Phi) is 7.74. The van der Waals surface area contributed by atoms with Gasteiger partial charge in [-0.3, -0.25) is 9.69 Å². The van der Waals surface area contributed by atoms with Crippen LogP contribution in [0.2, 0.25) is 0 Å². The number of aliphatic carboxylic acids is 1. The summed E-state index contributed by atoms with van der Waals surface area (Å²) in [7, 11) is 0. The van der Waals surface area contributed by atoms with E-state index in [1.165, 1.54) is 5.56 Å². The molecule has 2 fully saturated rings. The second-order valence-electron chi connectivity index (χ2n) is 7.39. The molecule has 31 heavy (non-hydrogen) atoms. The number of ether oxygens (including phenoxy) is 1. The van der Waals surface area contributed by atoms with Crippen molar-refractivity contribution < 1.29 is 37.0 Å². The smallest absolute Gasteiger partial charge is 0.475 e. The SMILES string of the molecule is O=C(Cc1cccs1)N1C[C@@H]2CN(Cc3ccoc3)CCO[C@@H]2C1.O=C(O)C(F)(F)F. The molecule has 2 saturated heterocycles. The lowest BCUT2D eigenvalue weighted by Gasteiger charge is -2.22. The first-order chi connectivity index (χ1) is 14.7. The van der Waals surface area contributed by atoms with E-state index in [0.717, 1.165) is 44.2 Å². The van der Waals surface area contributed by atoms with Crippen LogP contribution in [0.25, 0.3) is 0 Å². The summed E-state index contributed by atoms with van der Waals surface area (Å²) < 4.78 is 42.9. The van der Waals surface area contributed by atoms with Gasteiger partial charge < -0.3 is 19.2 Å². The van der Waals surface area contributed by atoms with Gasteiger partial charge >= 0.3 is 12.1 Å². The third-order valence-corrected chi connectivity index (χ3v) is 5.98. The Balaban J connectivity index is 0.000000339. The van der Waals surface area contributed by atoms with Crippen LogP contribution in [0.4, 0.5) is 13.2 Å². The Labute approximate surface area is 181 Å². The molecule has 1 N–H and O–H groups in total. The van der Waals surface area contributed by atoms with E-state index in [2.05, 4.69) is 4.90 Å². The van der Waals surface area contributed by atoms with Gasteiger partial charge in [0.05, 0.1) is 31.7 Å². The number of carboxylic acid groups (broad SMARTS) is 1. The zero-order valence-corrected chi connectivity index (χ0v) is 17.4. The number of hydrogen-bond acceptors (Lipinski definition) is 6. The predicted octanol–water partition coefficient (Wildman–Crippen LogP) is 2.88. The van der Waals surface area contributed by atoms with Gasteiger partial charge in [-0.2, -0.15) is 13.2 Å². The Morgan fingerprint density at radius 1 is 1.23 bits per heavy atom. The molecule has 0 spiro atoms. The third-order valence-electron chi connectivity index (χ3n) is 5.10. The number of furan rings is 1. The van der Waals surface area contributed by atoms with E-state index in [9.17, 15) is 18.0 Å². The van der Waals surface area contributed by atoms with Crippen LogP contribution in [0.3, 0.4) is 0 Å². The maximum Gasteiger partial charge on any atom is 0.490 e. The standard InChI is InChI=1S/C18H22N2O3S.C2HF3O2/c21-18(8-16-2-1-7-24-16)20-11-15-10-19(4-6-23-17(15)12-20)9-14-3-5-22-13-14;3-2(4,5)1(6)7/h1-3,5,7,13,15,17H,4,6,8-12H2;(H,6,7)/t15-,17+;/m0./s1. The number of likely N-dealkylation sites (tertiary alicyclic amines) is 1. The van der Waals surface area contributed by atoms with Gasteiger partial charge in [0, 0.05) is 49.1 Å². The van der Waals surface area contributed by atoms with Crippen molar-refractivity contribution in [2.45, 2.75) is 25.2 Å². The molecule has 0 aliphatic carbocycles. The summed E-state index contributed by atoms with van der Waals surface area (Å²) in [6.07, 6.45) is -0.885. The second-order valence-corrected chi connectivity index (χ2v) is 8.43. The number of nitrogens with zero attached hydrogens (tertiary/aromatic N) is 2. The number of rotatable bonds is 4. The number of carbonyl (C=O) groups is 2. The van der Waals surface area contributed by atoms with Gasteiger partial charge in [-0.1, -0.05) is 6.07 Å². The van der Waals surface area contributed by atoms with Crippen molar-refractivity contribution in [2.75, 3.05) is 32.8 Å². The van der Waals surface area contributed by atoms with E-state index in [0.29, 0.717) is 12.3 Å². The number of alkyl halides is 3. The van der Waals surface area contributed by atoms with E-state index in [-0.39, 0.29) is 12.0 Å². The maximum atomic E-state index is 12.5. The number of hydrogen-bond donors (Lipinski definition) is 1. The van der Waals surface area contributed by atoms with Crippen molar-refractivity contribution in [3.8, 4) is 0 Å². The Hall–Kier alpha value is -2.37. The molecule has 4 rings (SSSR count). The fourth-order valence-electron chi connectivity index (χ4n) is 3.62. The first kappa shape index (κ1) is 23.3. The first-order valence-corrected chi connectivity index (χ1v) is 10.6. The number of amides is 1. The largest absolute Gasteiger partial charge is 0.490 e. The van der Waals surface area contributed by atoms with Gasteiger partial charge in [0.25, 0.3) is 0 Å². The van der Waals surface area contributed by atoms with Gasteiger partial charge in [0.1, 0.15) is 0 Å². The highest BCUT2D eigenvalue weighted by atomic mass is 32.1. The summed E-state index contributed by atoms with van der Waals surface area (Å²) >= 11 is 1.65. The molecule has 0 aromatic carbocycles. The number of thiophene rings is 1. The van der Waals surface area contributed by atoms with Crippen molar-refractivity contribution in [3.05, 3.63) is 46.5 Å². The van der Waals surface area contributed by atoms with Crippen LogP contribution in [-0.4, -0.2) is 71.8 Å². The van der Waals surface area contributed by atoms with Crippen molar-refractivity contribution in [2.24, 2.45) is 5.92 Å². The van der Waals surface area contributed by atoms with E-state index >= 15 is 0 Å². The fraction of sp³-hybridized carbons (Fsp3) is 0.500. The molecule has 4 heterocycles. The molecule has 11 heteroatoms. The fourth-order valence-corrected chi connectivity index (χ4v) is 4.32. The average Bonchev–Trinajstić information content (AvgIpc) is 3.43. The van der Waals surface area contributed by atoms with Crippen molar-refractivity contribution >= 4 is 23.2 Å². The summed E-state index contributed by atoms with van der Waals surface area (Å²) in [6.45, 7) is 5.04. The number of fused-ring (bicyclic) bond motifs is 1. The zero-order chi connectivity index (χ0) is 22.4. The van der Waals surface area contributed by atoms with Crippen LogP contribution in [0.1, 0.15) is 10.4 Å². The van der Waals surface area contributed by atoms with E-state index in [1.54, 1.807) is 23.9 Å². The topological polar surface area (TPSA) is 83.2 Å². The Bertz CT molecular complexity index is 842. The summed E-state index contributed by atoms with van der Waals surface area (Å²) in [5.41, 5.74) is 1.19. The normalized spacial score (nSPS) is 21.7. The molecule has 0 bridgehead atoms. The van der Waals surface area contributed by atoms with Crippen molar-refractivity contribution in [1.82, 2.24) is 9.80 Å². The van der Waals surface area contributed by atoms with Crippen LogP contribution in [-0.2, 0) is 27.3 Å². The molecular formula is C20H23F3N2O5S. The van der Waals surface area contributed by atoms with Crippen molar-refractivity contribution in [1.29, 1.82) is 0 Å². The molecule has 2 atom stereocenters. The summed E-state index contributed by atoms with van der Waals surface area (Å²) in [5.74, 6) is -2.14. The summed E-state index contributed by atoms with van der Waals surface area (Å²) in [4.78, 5) is 26.9. The lowest BCUT2D eigenvalue weighted by molar-refractivity contribution is -0.192. The molecule has 0 saturated carbocycles. The summed E-state index contributed by atoms with van der Waals surface area (Å²) in [6, 6.07) is 6.03. The van der Waals surface area contributed by atoms with E-state index in [1.807, 2.05) is 28.5 Å². The third kappa shape index (κ3) is 6.81. The van der Waals surface area contributed by atoms with Crippen LogP contribution in [0, 0.1) is 5.92 Å². The number of carbonyl (C=O) groups excluding carboxylic acids is 1. The molecular weight excluding hydrogens is 437 g/mol. The molecule has 1 amide bonds. The van der Waals surface area contributed by atoms with Crippen LogP contribution in [0.5, 0.6) is 0 Å². The Morgan fingerprint density at radius 3 is 2.61 bits per heavy atom. The highest BCUT2D eigenvalue weighted by molar-refractivity contribution is 7.10. The van der Waals surface area contributed by atoms with Crippen LogP contribution < -0.4 is 0 Å². The lowest BCUT2D eigenvalue weighted by Crippen LogP contribution is -2.34. The highest BCUT2D eigenvalue weighted by Gasteiger charge is 2.39. The molecule has 2 aliphatic rings. The quantitative estimate of drug-likeness (QED) is 0.756. The van der Waals surface area contributed by atoms with Crippen LogP contribution in [0.15, 0.2) is 40.5 Å². The second kappa shape index (κ2) is 10.3. The van der Waals surface area contributed by atoms with E-state index < -0.39 is 12.1 Å². The average molecular weight is 460 g/mol. The predicted molar refractivity (Wildman–Crippen MR) is 106 cm³/mol. The minimum Gasteiger partial charge on any atom is -0.475 e. The van der Waals surface area contributed by atoms with Gasteiger partial charge in [-0.15, -0.1) is 11.3 Å². The molecule has 0 unspecified atom stereocenters. The molecule has 0 radical (unpaired) electrons. The van der Waals surface area contributed by atoms with Crippen LogP contribution >= 0.6 is 11.3 Å². The Morgan fingerprint density at radius 2 is 2.00 bits per heavy atom. The van der Waals surface area contributed by atoms with E-state index in [4.69, 9.17) is 19.1 Å². The minimum atomic E-state index is -5.08. The number of halogens is 3. The molecule has 2 aromatic heterocycles. The lowest BCUT2D eigenvalue weighted by atomic mass is 10.1. The van der Waals surface area contributed by atoms with Gasteiger partial charge in [-0.05, 0) is 17.5 Å². The molecule has 2 aliphatic heterocycles. The maximum absolute atomic E-state index is 12.5. The number of carboxylic acids is 1. The monoisotopic (exact) mass is 460 g/mol. The minimum absolute atomic E-state index is 0.173. The first-order valence-electron chi connectivity index (χ1n) is 9.67. The molecule has 170 valence electrons. The zero-order valence-electron chi connectivity index (χ0n) is 16.6.